The molecule has 4 nitrogen and oxygen atoms in total. The van der Waals surface area contributed by atoms with E-state index < -0.39 is 21.9 Å². The molecule has 2 rings (SSSR count). The first-order valence-electron chi connectivity index (χ1n) is 5.52. The highest BCUT2D eigenvalue weighted by atomic mass is 35.5. The normalized spacial score (nSPS) is 37.2. The van der Waals surface area contributed by atoms with Crippen LogP contribution >= 0.6 is 11.6 Å². The van der Waals surface area contributed by atoms with Crippen molar-refractivity contribution in [2.45, 2.75) is 31.3 Å². The number of halogens is 2. The second-order valence-corrected chi connectivity index (χ2v) is 5.77. The van der Waals surface area contributed by atoms with Gasteiger partial charge in [0.15, 0.2) is 5.13 Å². The Balaban J connectivity index is 1.88. The zero-order valence-corrected chi connectivity index (χ0v) is 10.6. The number of methoxy groups -OCH3 is 1. The van der Waals surface area contributed by atoms with E-state index >= 15 is 0 Å². The number of esters is 1. The first-order chi connectivity index (χ1) is 7.77. The molecule has 0 heterocycles. The van der Waals surface area contributed by atoms with Crippen LogP contribution in [0.2, 0.25) is 0 Å². The molecule has 96 valence electrons. The van der Waals surface area contributed by atoms with E-state index in [-0.39, 0.29) is 18.9 Å². The fourth-order valence-corrected chi connectivity index (χ4v) is 2.26. The molecule has 0 spiro atoms. The number of hydrogen-bond donors (Lipinski definition) is 1. The van der Waals surface area contributed by atoms with Crippen LogP contribution in [0.25, 0.3) is 0 Å². The highest BCUT2D eigenvalue weighted by Crippen LogP contribution is 2.62. The molecule has 0 aromatic heterocycles. The Hall–Kier alpha value is -0.840. The number of ether oxygens (including phenoxy) is 1. The molecule has 1 amide bonds. The van der Waals surface area contributed by atoms with Crippen molar-refractivity contribution < 1.29 is 18.7 Å². The summed E-state index contributed by atoms with van der Waals surface area (Å²) in [5.74, 6) is -0.763. The third-order valence-corrected chi connectivity index (χ3v) is 4.37. The van der Waals surface area contributed by atoms with Gasteiger partial charge < -0.3 is 10.1 Å². The van der Waals surface area contributed by atoms with Crippen molar-refractivity contribution in [2.75, 3.05) is 13.7 Å². The molecule has 6 heteroatoms. The van der Waals surface area contributed by atoms with Gasteiger partial charge in [-0.25, -0.2) is 4.39 Å². The molecule has 2 atom stereocenters. The van der Waals surface area contributed by atoms with Crippen LogP contribution in [0.15, 0.2) is 0 Å². The Bertz CT molecular complexity index is 381. The van der Waals surface area contributed by atoms with E-state index in [1.165, 1.54) is 14.0 Å². The summed E-state index contributed by atoms with van der Waals surface area (Å²) in [6, 6.07) is 0. The van der Waals surface area contributed by atoms with Gasteiger partial charge in [-0.05, 0) is 19.8 Å². The van der Waals surface area contributed by atoms with Crippen molar-refractivity contribution in [2.24, 2.45) is 10.8 Å². The zero-order valence-electron chi connectivity index (χ0n) is 9.81. The van der Waals surface area contributed by atoms with Gasteiger partial charge in [-0.2, -0.15) is 0 Å². The summed E-state index contributed by atoms with van der Waals surface area (Å²) in [6.07, 6.45) is 1.40. The summed E-state index contributed by atoms with van der Waals surface area (Å²) in [7, 11) is 1.32. The van der Waals surface area contributed by atoms with Crippen LogP contribution in [0.3, 0.4) is 0 Å². The topological polar surface area (TPSA) is 55.4 Å². The number of rotatable bonds is 4. The molecule has 0 aliphatic heterocycles. The summed E-state index contributed by atoms with van der Waals surface area (Å²) in [4.78, 5) is 23.2. The van der Waals surface area contributed by atoms with E-state index in [1.54, 1.807) is 0 Å². The highest BCUT2D eigenvalue weighted by molar-refractivity contribution is 6.28. The molecule has 2 saturated carbocycles. The van der Waals surface area contributed by atoms with Crippen molar-refractivity contribution in [3.05, 3.63) is 0 Å². The average molecular weight is 264 g/mol. The van der Waals surface area contributed by atoms with E-state index in [1.807, 2.05) is 0 Å². The molecule has 0 aromatic carbocycles. The first kappa shape index (κ1) is 12.6. The number of nitrogens with one attached hydrogen (secondary N) is 1. The molecule has 0 radical (unpaired) electrons. The summed E-state index contributed by atoms with van der Waals surface area (Å²) in [6.45, 7) is 1.67. The lowest BCUT2D eigenvalue weighted by Gasteiger charge is -2.16. The van der Waals surface area contributed by atoms with Gasteiger partial charge in [0.1, 0.15) is 0 Å². The maximum absolute atomic E-state index is 13.4. The molecule has 0 bridgehead atoms. The third-order valence-electron chi connectivity index (χ3n) is 3.82. The minimum atomic E-state index is -1.95. The van der Waals surface area contributed by atoms with Crippen LogP contribution in [0.5, 0.6) is 0 Å². The summed E-state index contributed by atoms with van der Waals surface area (Å²) in [5, 5.41) is 0.649. The molecule has 17 heavy (non-hydrogen) atoms. The first-order valence-corrected chi connectivity index (χ1v) is 5.90. The van der Waals surface area contributed by atoms with E-state index in [0.29, 0.717) is 12.8 Å². The van der Waals surface area contributed by atoms with E-state index in [4.69, 9.17) is 11.6 Å². The molecule has 2 fully saturated rings. The quantitative estimate of drug-likeness (QED) is 0.616. The smallest absolute Gasteiger partial charge is 0.313 e. The number of alkyl halides is 2. The minimum absolute atomic E-state index is 0.0125. The van der Waals surface area contributed by atoms with Gasteiger partial charge in [0.05, 0.1) is 17.9 Å². The summed E-state index contributed by atoms with van der Waals surface area (Å²) < 4.78 is 18.0. The fourth-order valence-electron chi connectivity index (χ4n) is 1.91. The Morgan fingerprint density at radius 2 is 2.00 bits per heavy atom. The van der Waals surface area contributed by atoms with Crippen LogP contribution in [-0.2, 0) is 14.3 Å². The van der Waals surface area contributed by atoms with E-state index in [0.717, 1.165) is 0 Å². The molecule has 2 unspecified atom stereocenters. The second kappa shape index (κ2) is 3.57. The van der Waals surface area contributed by atoms with Crippen molar-refractivity contribution in [3.8, 4) is 0 Å². The number of carbonyl (C=O) groups excluding carboxylic acids is 2. The van der Waals surface area contributed by atoms with Crippen LogP contribution in [0, 0.1) is 10.8 Å². The number of hydrogen-bond acceptors (Lipinski definition) is 3. The van der Waals surface area contributed by atoms with Crippen LogP contribution in [0.4, 0.5) is 4.39 Å². The van der Waals surface area contributed by atoms with Crippen molar-refractivity contribution in [1.82, 2.24) is 5.32 Å². The Kier molecular flexibility index (Phi) is 2.65. The van der Waals surface area contributed by atoms with E-state index in [2.05, 4.69) is 10.1 Å². The standard InChI is InChI=1S/C11H15ClFNO3/c1-9(5-11(9,12)13)7(15)14-6-10(3-4-10)8(16)17-2/h3-6H2,1-2H3,(H,14,15). The molecular weight excluding hydrogens is 249 g/mol. The monoisotopic (exact) mass is 263 g/mol. The highest BCUT2D eigenvalue weighted by Gasteiger charge is 2.70. The molecule has 2 aliphatic rings. The third kappa shape index (κ3) is 1.90. The largest absolute Gasteiger partial charge is 0.469 e. The lowest BCUT2D eigenvalue weighted by molar-refractivity contribution is -0.147. The number of carbonyl (C=O) groups is 2. The zero-order chi connectivity index (χ0) is 12.9. The SMILES string of the molecule is COC(=O)C1(CNC(=O)C2(C)CC2(F)Cl)CC1. The lowest BCUT2D eigenvalue weighted by Crippen LogP contribution is -2.39. The molecule has 2 aliphatic carbocycles. The van der Waals surface area contributed by atoms with Gasteiger partial charge in [0, 0.05) is 13.0 Å². The molecular formula is C11H15ClFNO3. The molecule has 0 saturated heterocycles. The number of amides is 1. The van der Waals surface area contributed by atoms with Gasteiger partial charge >= 0.3 is 5.97 Å². The Morgan fingerprint density at radius 1 is 1.47 bits per heavy atom. The maximum atomic E-state index is 13.4. The maximum Gasteiger partial charge on any atom is 0.313 e. The summed E-state index contributed by atoms with van der Waals surface area (Å²) >= 11 is 5.48. The van der Waals surface area contributed by atoms with Gasteiger partial charge in [-0.1, -0.05) is 11.6 Å². The van der Waals surface area contributed by atoms with Crippen molar-refractivity contribution >= 4 is 23.5 Å². The second-order valence-electron chi connectivity index (χ2n) is 5.17. The van der Waals surface area contributed by atoms with E-state index in [9.17, 15) is 14.0 Å². The Morgan fingerprint density at radius 3 is 2.35 bits per heavy atom. The van der Waals surface area contributed by atoms with Gasteiger partial charge in [0.2, 0.25) is 5.91 Å². The minimum Gasteiger partial charge on any atom is -0.469 e. The van der Waals surface area contributed by atoms with Crippen LogP contribution < -0.4 is 5.32 Å². The van der Waals surface area contributed by atoms with Gasteiger partial charge in [-0.3, -0.25) is 9.59 Å². The molecule has 1 N–H and O–H groups in total. The fraction of sp³-hybridized carbons (Fsp3) is 0.818. The Labute approximate surface area is 104 Å². The predicted octanol–water partition coefficient (Wildman–Crippen LogP) is 1.37. The van der Waals surface area contributed by atoms with Crippen molar-refractivity contribution in [1.29, 1.82) is 0 Å². The lowest BCUT2D eigenvalue weighted by atomic mass is 10.1. The van der Waals surface area contributed by atoms with Crippen LogP contribution in [0.1, 0.15) is 26.2 Å². The average Bonchev–Trinajstić information content (AvgIpc) is 3.13. The van der Waals surface area contributed by atoms with Gasteiger partial charge in [0.25, 0.3) is 0 Å². The summed E-state index contributed by atoms with van der Waals surface area (Å²) in [5.41, 5.74) is -1.76. The van der Waals surface area contributed by atoms with Crippen molar-refractivity contribution in [3.63, 3.8) is 0 Å². The van der Waals surface area contributed by atoms with Gasteiger partial charge in [-0.15, -0.1) is 0 Å². The molecule has 0 aromatic rings. The predicted molar refractivity (Wildman–Crippen MR) is 59.1 cm³/mol. The van der Waals surface area contributed by atoms with Crippen LogP contribution in [-0.4, -0.2) is 30.7 Å².